The highest BCUT2D eigenvalue weighted by atomic mass is 19.1. The minimum atomic E-state index is -0.313. The van der Waals surface area contributed by atoms with E-state index in [4.69, 9.17) is 4.74 Å². The Morgan fingerprint density at radius 3 is 2.67 bits per heavy atom. The van der Waals surface area contributed by atoms with Crippen molar-refractivity contribution in [3.8, 4) is 0 Å². The van der Waals surface area contributed by atoms with Gasteiger partial charge in [0, 0.05) is 19.6 Å². The first-order chi connectivity index (χ1) is 14.5. The summed E-state index contributed by atoms with van der Waals surface area (Å²) in [6.07, 6.45) is 3.79. The molecule has 8 nitrogen and oxygen atoms in total. The molecule has 1 amide bonds. The fourth-order valence-electron chi connectivity index (χ4n) is 3.80. The van der Waals surface area contributed by atoms with Crippen molar-refractivity contribution in [2.24, 2.45) is 0 Å². The number of rotatable bonds is 6. The summed E-state index contributed by atoms with van der Waals surface area (Å²) in [5.74, 6) is 0.422. The summed E-state index contributed by atoms with van der Waals surface area (Å²) in [4.78, 5) is 23.2. The van der Waals surface area contributed by atoms with Crippen LogP contribution in [0.5, 0.6) is 0 Å². The lowest BCUT2D eigenvalue weighted by atomic mass is 10.1. The van der Waals surface area contributed by atoms with Crippen LogP contribution in [0.15, 0.2) is 36.8 Å². The van der Waals surface area contributed by atoms with Crippen molar-refractivity contribution in [3.63, 3.8) is 0 Å². The van der Waals surface area contributed by atoms with Gasteiger partial charge in [-0.15, -0.1) is 0 Å². The fourth-order valence-corrected chi connectivity index (χ4v) is 3.80. The molecule has 1 aromatic carbocycles. The minimum absolute atomic E-state index is 0.121. The molecule has 1 saturated heterocycles. The number of nitrogens with one attached hydrogen (secondary N) is 1. The third-order valence-electron chi connectivity index (χ3n) is 5.06. The van der Waals surface area contributed by atoms with Crippen LogP contribution in [0.1, 0.15) is 19.4 Å². The van der Waals surface area contributed by atoms with Crippen molar-refractivity contribution in [1.82, 2.24) is 25.1 Å². The maximum absolute atomic E-state index is 13.0. The van der Waals surface area contributed by atoms with Gasteiger partial charge in [-0.3, -0.25) is 4.79 Å². The molecule has 0 aliphatic carbocycles. The van der Waals surface area contributed by atoms with Crippen molar-refractivity contribution in [2.75, 3.05) is 24.5 Å². The van der Waals surface area contributed by atoms with E-state index in [1.807, 2.05) is 0 Å². The Balaban J connectivity index is 1.39. The standard InChI is InChI=1S/C21H25FN6O2/c1-14-11-27(12-15(2)30-14)20-18-10-26-28(21(18)25-13-24-20)8-7-23-19(29)9-16-3-5-17(22)6-4-16/h3-6,10,13-15H,7-9,11-12H2,1-2H3,(H,23,29). The zero-order valence-corrected chi connectivity index (χ0v) is 17.1. The molecule has 1 fully saturated rings. The molecule has 0 bridgehead atoms. The third kappa shape index (κ3) is 4.56. The number of aromatic nitrogens is 4. The monoisotopic (exact) mass is 412 g/mol. The number of hydrogen-bond donors (Lipinski definition) is 1. The minimum Gasteiger partial charge on any atom is -0.372 e. The molecule has 2 atom stereocenters. The maximum Gasteiger partial charge on any atom is 0.224 e. The molecule has 1 aliphatic rings. The van der Waals surface area contributed by atoms with Crippen molar-refractivity contribution >= 4 is 22.8 Å². The predicted molar refractivity (Wildman–Crippen MR) is 111 cm³/mol. The molecule has 3 heterocycles. The van der Waals surface area contributed by atoms with Gasteiger partial charge in [-0.1, -0.05) is 12.1 Å². The molecule has 3 aromatic rings. The van der Waals surface area contributed by atoms with E-state index >= 15 is 0 Å². The van der Waals surface area contributed by atoms with Gasteiger partial charge in [0.25, 0.3) is 0 Å². The van der Waals surface area contributed by atoms with Crippen LogP contribution in [0.25, 0.3) is 11.0 Å². The SMILES string of the molecule is CC1CN(c2ncnc3c2cnn3CCNC(=O)Cc2ccc(F)cc2)CC(C)O1. The van der Waals surface area contributed by atoms with Crippen LogP contribution < -0.4 is 10.2 Å². The molecule has 2 unspecified atom stereocenters. The van der Waals surface area contributed by atoms with Crippen molar-refractivity contribution in [2.45, 2.75) is 39.0 Å². The van der Waals surface area contributed by atoms with Gasteiger partial charge in [0.2, 0.25) is 5.91 Å². The Bertz CT molecular complexity index is 1010. The summed E-state index contributed by atoms with van der Waals surface area (Å²) in [6, 6.07) is 5.93. The largest absolute Gasteiger partial charge is 0.372 e. The zero-order valence-electron chi connectivity index (χ0n) is 17.1. The highest BCUT2D eigenvalue weighted by Gasteiger charge is 2.25. The van der Waals surface area contributed by atoms with Crippen molar-refractivity contribution < 1.29 is 13.9 Å². The second-order valence-corrected chi connectivity index (χ2v) is 7.62. The van der Waals surface area contributed by atoms with E-state index in [0.29, 0.717) is 13.1 Å². The smallest absolute Gasteiger partial charge is 0.224 e. The molecule has 30 heavy (non-hydrogen) atoms. The van der Waals surface area contributed by atoms with Crippen molar-refractivity contribution in [1.29, 1.82) is 0 Å². The number of carbonyl (C=O) groups is 1. The molecular formula is C21H25FN6O2. The fraction of sp³-hybridized carbons (Fsp3) is 0.429. The number of halogens is 1. The molecule has 0 radical (unpaired) electrons. The van der Waals surface area contributed by atoms with Gasteiger partial charge in [0.05, 0.1) is 36.8 Å². The Labute approximate surface area is 174 Å². The lowest BCUT2D eigenvalue weighted by molar-refractivity contribution is -0.120. The first-order valence-corrected chi connectivity index (χ1v) is 10.1. The first kappa shape index (κ1) is 20.2. The molecule has 4 rings (SSSR count). The van der Waals surface area contributed by atoms with E-state index in [-0.39, 0.29) is 30.4 Å². The Hall–Kier alpha value is -3.07. The van der Waals surface area contributed by atoms with E-state index in [9.17, 15) is 9.18 Å². The number of fused-ring (bicyclic) bond motifs is 1. The number of morpholine rings is 1. The summed E-state index contributed by atoms with van der Waals surface area (Å²) in [5.41, 5.74) is 1.50. The first-order valence-electron chi connectivity index (χ1n) is 10.1. The van der Waals surface area contributed by atoms with Crippen LogP contribution >= 0.6 is 0 Å². The van der Waals surface area contributed by atoms with Crippen LogP contribution in [0.4, 0.5) is 10.2 Å². The molecule has 158 valence electrons. The summed E-state index contributed by atoms with van der Waals surface area (Å²) in [6.45, 7) is 6.55. The number of carbonyl (C=O) groups excluding carboxylic acids is 1. The number of benzene rings is 1. The van der Waals surface area contributed by atoms with Crippen LogP contribution in [0.3, 0.4) is 0 Å². The highest BCUT2D eigenvalue weighted by Crippen LogP contribution is 2.25. The van der Waals surface area contributed by atoms with Crippen LogP contribution in [0.2, 0.25) is 0 Å². The molecule has 1 aliphatic heterocycles. The lowest BCUT2D eigenvalue weighted by Crippen LogP contribution is -2.45. The van der Waals surface area contributed by atoms with E-state index in [2.05, 4.69) is 39.1 Å². The average Bonchev–Trinajstić information content (AvgIpc) is 3.12. The van der Waals surface area contributed by atoms with Crippen LogP contribution in [0, 0.1) is 5.82 Å². The van der Waals surface area contributed by atoms with Gasteiger partial charge < -0.3 is 15.0 Å². The van der Waals surface area contributed by atoms with E-state index in [1.165, 1.54) is 12.1 Å². The second-order valence-electron chi connectivity index (χ2n) is 7.62. The van der Waals surface area contributed by atoms with Gasteiger partial charge in [0.15, 0.2) is 5.65 Å². The maximum atomic E-state index is 13.0. The normalized spacial score (nSPS) is 19.2. The molecule has 0 saturated carbocycles. The Kier molecular flexibility index (Phi) is 5.89. The van der Waals surface area contributed by atoms with Gasteiger partial charge in [0.1, 0.15) is 18.0 Å². The lowest BCUT2D eigenvalue weighted by Gasteiger charge is -2.36. The highest BCUT2D eigenvalue weighted by molar-refractivity contribution is 5.86. The van der Waals surface area contributed by atoms with E-state index in [0.717, 1.165) is 35.5 Å². The number of hydrogen-bond acceptors (Lipinski definition) is 6. The van der Waals surface area contributed by atoms with Crippen LogP contribution in [-0.2, 0) is 22.5 Å². The molecule has 2 aromatic heterocycles. The topological polar surface area (TPSA) is 85.2 Å². The summed E-state index contributed by atoms with van der Waals surface area (Å²) in [7, 11) is 0. The number of anilines is 1. The van der Waals surface area contributed by atoms with E-state index < -0.39 is 0 Å². The summed E-state index contributed by atoms with van der Waals surface area (Å²) in [5, 5.41) is 8.20. The average molecular weight is 412 g/mol. The Morgan fingerprint density at radius 1 is 1.20 bits per heavy atom. The van der Waals surface area contributed by atoms with Gasteiger partial charge in [-0.25, -0.2) is 19.0 Å². The number of ether oxygens (including phenoxy) is 1. The van der Waals surface area contributed by atoms with Crippen LogP contribution in [-0.4, -0.2) is 57.5 Å². The van der Waals surface area contributed by atoms with Gasteiger partial charge in [-0.05, 0) is 31.5 Å². The molecule has 0 spiro atoms. The molecular weight excluding hydrogens is 387 g/mol. The quantitative estimate of drug-likeness (QED) is 0.666. The second kappa shape index (κ2) is 8.74. The zero-order chi connectivity index (χ0) is 21.1. The van der Waals surface area contributed by atoms with Gasteiger partial charge in [-0.2, -0.15) is 5.10 Å². The molecule has 9 heteroatoms. The third-order valence-corrected chi connectivity index (χ3v) is 5.06. The Morgan fingerprint density at radius 2 is 1.93 bits per heavy atom. The van der Waals surface area contributed by atoms with Gasteiger partial charge >= 0.3 is 0 Å². The van der Waals surface area contributed by atoms with E-state index in [1.54, 1.807) is 29.3 Å². The van der Waals surface area contributed by atoms with Crippen molar-refractivity contribution in [3.05, 3.63) is 48.2 Å². The molecule has 1 N–H and O–H groups in total. The number of amides is 1. The summed E-state index contributed by atoms with van der Waals surface area (Å²) >= 11 is 0. The predicted octanol–water partition coefficient (Wildman–Crippen LogP) is 1.94. The summed E-state index contributed by atoms with van der Waals surface area (Å²) < 4.78 is 20.6. The number of nitrogens with zero attached hydrogens (tertiary/aromatic N) is 5.